The molecule has 3 nitrogen and oxygen atoms in total. The zero-order valence-electron chi connectivity index (χ0n) is 11.7. The van der Waals surface area contributed by atoms with Crippen LogP contribution in [0.2, 0.25) is 0 Å². The first-order valence-electron chi connectivity index (χ1n) is 6.54. The highest BCUT2D eigenvalue weighted by Crippen LogP contribution is 2.16. The fraction of sp³-hybridized carbons (Fsp3) is 0.400. The fourth-order valence-corrected chi connectivity index (χ4v) is 2.29. The molecule has 4 heteroatoms. The number of halogens is 1. The zero-order chi connectivity index (χ0) is 13.8. The molecule has 19 heavy (non-hydrogen) atoms. The molecule has 0 unspecified atom stereocenters. The van der Waals surface area contributed by atoms with E-state index in [1.807, 2.05) is 31.6 Å². The summed E-state index contributed by atoms with van der Waals surface area (Å²) in [5, 5.41) is 7.66. The lowest BCUT2D eigenvalue weighted by Gasteiger charge is -2.06. The van der Waals surface area contributed by atoms with Crippen LogP contribution in [-0.2, 0) is 13.0 Å². The summed E-state index contributed by atoms with van der Waals surface area (Å²) >= 11 is 0. The van der Waals surface area contributed by atoms with E-state index in [0.717, 1.165) is 24.4 Å². The second-order valence-electron chi connectivity index (χ2n) is 4.75. The summed E-state index contributed by atoms with van der Waals surface area (Å²) in [6.07, 6.45) is 0.950. The highest BCUT2D eigenvalue weighted by atomic mass is 19.1. The monoisotopic (exact) mass is 261 g/mol. The van der Waals surface area contributed by atoms with Crippen LogP contribution in [0.1, 0.15) is 22.5 Å². The van der Waals surface area contributed by atoms with Crippen LogP contribution < -0.4 is 5.32 Å². The zero-order valence-corrected chi connectivity index (χ0v) is 11.7. The van der Waals surface area contributed by atoms with Crippen molar-refractivity contribution in [2.75, 3.05) is 13.6 Å². The number of benzene rings is 1. The normalized spacial score (nSPS) is 10.9. The van der Waals surface area contributed by atoms with Crippen molar-refractivity contribution in [1.29, 1.82) is 0 Å². The van der Waals surface area contributed by atoms with Gasteiger partial charge in [-0.2, -0.15) is 5.10 Å². The molecule has 0 saturated heterocycles. The van der Waals surface area contributed by atoms with Gasteiger partial charge in [0.1, 0.15) is 5.82 Å². The molecule has 1 aromatic heterocycles. The third-order valence-electron chi connectivity index (χ3n) is 3.43. The standard InChI is InChI=1S/C15H20FN3/c1-11-14(8-9-17-3)12(2)19(18-11)10-13-6-4-5-7-15(13)16/h4-7,17H,8-10H2,1-3H3. The Morgan fingerprint density at radius 2 is 2.00 bits per heavy atom. The number of hydrogen-bond acceptors (Lipinski definition) is 2. The molecule has 0 saturated carbocycles. The summed E-state index contributed by atoms with van der Waals surface area (Å²) in [6, 6.07) is 6.85. The Bertz CT molecular complexity index is 561. The van der Waals surface area contributed by atoms with Crippen molar-refractivity contribution in [2.24, 2.45) is 0 Å². The minimum atomic E-state index is -0.174. The number of likely N-dealkylation sites (N-methyl/N-ethyl adjacent to an activating group) is 1. The summed E-state index contributed by atoms with van der Waals surface area (Å²) in [6.45, 7) is 5.47. The number of hydrogen-bond donors (Lipinski definition) is 1. The van der Waals surface area contributed by atoms with Gasteiger partial charge in [0.2, 0.25) is 0 Å². The molecule has 0 amide bonds. The van der Waals surface area contributed by atoms with E-state index in [2.05, 4.69) is 10.4 Å². The predicted molar refractivity (Wildman–Crippen MR) is 74.8 cm³/mol. The predicted octanol–water partition coefficient (Wildman–Crippen LogP) is 2.45. The van der Waals surface area contributed by atoms with Crippen LogP contribution in [0.15, 0.2) is 24.3 Å². The third-order valence-corrected chi connectivity index (χ3v) is 3.43. The maximum atomic E-state index is 13.7. The molecule has 0 spiro atoms. The first-order chi connectivity index (χ1) is 9.13. The lowest BCUT2D eigenvalue weighted by Crippen LogP contribution is -2.11. The van der Waals surface area contributed by atoms with Crippen molar-refractivity contribution < 1.29 is 4.39 Å². The number of rotatable bonds is 5. The Kier molecular flexibility index (Phi) is 4.32. The van der Waals surface area contributed by atoms with Gasteiger partial charge in [-0.05, 0) is 45.5 Å². The average molecular weight is 261 g/mol. The minimum absolute atomic E-state index is 0.174. The molecule has 2 aromatic rings. The number of nitrogens with zero attached hydrogens (tertiary/aromatic N) is 2. The van der Waals surface area contributed by atoms with Gasteiger partial charge in [-0.25, -0.2) is 4.39 Å². The van der Waals surface area contributed by atoms with Crippen LogP contribution in [0.5, 0.6) is 0 Å². The van der Waals surface area contributed by atoms with Crippen molar-refractivity contribution in [1.82, 2.24) is 15.1 Å². The average Bonchev–Trinajstić information content (AvgIpc) is 2.65. The molecule has 0 aliphatic carbocycles. The van der Waals surface area contributed by atoms with Crippen molar-refractivity contribution in [3.8, 4) is 0 Å². The molecular weight excluding hydrogens is 241 g/mol. The largest absolute Gasteiger partial charge is 0.319 e. The second-order valence-corrected chi connectivity index (χ2v) is 4.75. The molecule has 0 radical (unpaired) electrons. The summed E-state index contributed by atoms with van der Waals surface area (Å²) in [4.78, 5) is 0. The van der Waals surface area contributed by atoms with Gasteiger partial charge in [-0.1, -0.05) is 18.2 Å². The smallest absolute Gasteiger partial charge is 0.128 e. The van der Waals surface area contributed by atoms with Crippen molar-refractivity contribution in [2.45, 2.75) is 26.8 Å². The molecule has 1 heterocycles. The Morgan fingerprint density at radius 1 is 1.26 bits per heavy atom. The summed E-state index contributed by atoms with van der Waals surface area (Å²) < 4.78 is 15.6. The van der Waals surface area contributed by atoms with Gasteiger partial charge in [-0.15, -0.1) is 0 Å². The quantitative estimate of drug-likeness (QED) is 0.896. The van der Waals surface area contributed by atoms with Crippen LogP contribution in [0, 0.1) is 19.7 Å². The van der Waals surface area contributed by atoms with E-state index in [1.54, 1.807) is 12.1 Å². The molecule has 102 valence electrons. The van der Waals surface area contributed by atoms with Crippen molar-refractivity contribution >= 4 is 0 Å². The minimum Gasteiger partial charge on any atom is -0.319 e. The molecule has 0 fully saturated rings. The number of nitrogens with one attached hydrogen (secondary N) is 1. The molecule has 1 aromatic carbocycles. The fourth-order valence-electron chi connectivity index (χ4n) is 2.29. The van der Waals surface area contributed by atoms with Crippen LogP contribution in [0.25, 0.3) is 0 Å². The maximum absolute atomic E-state index is 13.7. The van der Waals surface area contributed by atoms with Crippen molar-refractivity contribution in [3.63, 3.8) is 0 Å². The van der Waals surface area contributed by atoms with Gasteiger partial charge in [0.05, 0.1) is 12.2 Å². The molecule has 0 aliphatic rings. The third kappa shape index (κ3) is 3.01. The van der Waals surface area contributed by atoms with E-state index >= 15 is 0 Å². The van der Waals surface area contributed by atoms with Crippen LogP contribution in [0.3, 0.4) is 0 Å². The molecule has 0 aliphatic heterocycles. The maximum Gasteiger partial charge on any atom is 0.128 e. The van der Waals surface area contributed by atoms with Gasteiger partial charge >= 0.3 is 0 Å². The van der Waals surface area contributed by atoms with Crippen LogP contribution in [0.4, 0.5) is 4.39 Å². The second kappa shape index (κ2) is 5.97. The van der Waals surface area contributed by atoms with Crippen molar-refractivity contribution in [3.05, 3.63) is 52.6 Å². The Labute approximate surface area is 113 Å². The lowest BCUT2D eigenvalue weighted by molar-refractivity contribution is 0.578. The highest BCUT2D eigenvalue weighted by Gasteiger charge is 2.12. The van der Waals surface area contributed by atoms with Gasteiger partial charge in [0, 0.05) is 11.3 Å². The van der Waals surface area contributed by atoms with Gasteiger partial charge in [0.25, 0.3) is 0 Å². The van der Waals surface area contributed by atoms with E-state index in [4.69, 9.17) is 0 Å². The summed E-state index contributed by atoms with van der Waals surface area (Å²) in [5.74, 6) is -0.174. The van der Waals surface area contributed by atoms with Crippen LogP contribution in [-0.4, -0.2) is 23.4 Å². The molecule has 1 N–H and O–H groups in total. The van der Waals surface area contributed by atoms with E-state index in [-0.39, 0.29) is 5.82 Å². The highest BCUT2D eigenvalue weighted by molar-refractivity contribution is 5.26. The van der Waals surface area contributed by atoms with E-state index in [1.165, 1.54) is 11.6 Å². The van der Waals surface area contributed by atoms with Gasteiger partial charge < -0.3 is 5.32 Å². The van der Waals surface area contributed by atoms with E-state index in [0.29, 0.717) is 12.1 Å². The van der Waals surface area contributed by atoms with Crippen LogP contribution >= 0.6 is 0 Å². The topological polar surface area (TPSA) is 29.9 Å². The molecular formula is C15H20FN3. The van der Waals surface area contributed by atoms with E-state index < -0.39 is 0 Å². The van der Waals surface area contributed by atoms with E-state index in [9.17, 15) is 4.39 Å². The first kappa shape index (κ1) is 13.7. The Balaban J connectivity index is 2.24. The molecule has 0 atom stereocenters. The molecule has 2 rings (SSSR count). The number of aromatic nitrogens is 2. The van der Waals surface area contributed by atoms with Gasteiger partial charge in [0.15, 0.2) is 0 Å². The number of aryl methyl sites for hydroxylation is 1. The van der Waals surface area contributed by atoms with Gasteiger partial charge in [-0.3, -0.25) is 4.68 Å². The summed E-state index contributed by atoms with van der Waals surface area (Å²) in [7, 11) is 1.94. The first-order valence-corrected chi connectivity index (χ1v) is 6.54. The summed E-state index contributed by atoms with van der Waals surface area (Å²) in [5.41, 5.74) is 4.08. The SMILES string of the molecule is CNCCc1c(C)nn(Cc2ccccc2F)c1C. The Morgan fingerprint density at radius 3 is 2.68 bits per heavy atom. The molecule has 0 bridgehead atoms. The Hall–Kier alpha value is -1.68. The lowest BCUT2D eigenvalue weighted by atomic mass is 10.1.